The number of esters is 2. The van der Waals surface area contributed by atoms with Crippen LogP contribution in [0, 0.1) is 5.92 Å². The van der Waals surface area contributed by atoms with Gasteiger partial charge in [0.05, 0.1) is 12.3 Å². The quantitative estimate of drug-likeness (QED) is 0.382. The third-order valence-electron chi connectivity index (χ3n) is 2.05. The first kappa shape index (κ1) is 16.6. The van der Waals surface area contributed by atoms with Gasteiger partial charge in [0.25, 0.3) is 0 Å². The molecule has 0 aliphatic rings. The van der Waals surface area contributed by atoms with Crippen LogP contribution in [0.25, 0.3) is 0 Å². The summed E-state index contributed by atoms with van der Waals surface area (Å²) >= 11 is 0. The minimum atomic E-state index is -1.38. The molecule has 0 aliphatic carbocycles. The van der Waals surface area contributed by atoms with Crippen molar-refractivity contribution in [1.29, 1.82) is 0 Å². The molecular formula is C13H16O6. The van der Waals surface area contributed by atoms with Crippen LogP contribution in [0.1, 0.15) is 6.42 Å². The lowest BCUT2D eigenvalue weighted by Gasteiger charge is -2.13. The molecule has 19 heavy (non-hydrogen) atoms. The number of rotatable bonds is 9. The van der Waals surface area contributed by atoms with Crippen molar-refractivity contribution in [2.75, 3.05) is 13.2 Å². The molecule has 104 valence electrons. The summed E-state index contributed by atoms with van der Waals surface area (Å²) in [5.41, 5.74) is -0.315. The summed E-state index contributed by atoms with van der Waals surface area (Å²) < 4.78 is 9.31. The molecule has 0 spiro atoms. The summed E-state index contributed by atoms with van der Waals surface area (Å²) in [6.45, 7) is 9.95. The van der Waals surface area contributed by atoms with Gasteiger partial charge in [0.2, 0.25) is 0 Å². The van der Waals surface area contributed by atoms with Crippen molar-refractivity contribution >= 4 is 17.9 Å². The normalized spacial score (nSPS) is 10.9. The Morgan fingerprint density at radius 3 is 2.11 bits per heavy atom. The Morgan fingerprint density at radius 2 is 1.63 bits per heavy atom. The highest BCUT2D eigenvalue weighted by Gasteiger charge is 2.29. The van der Waals surface area contributed by atoms with Crippen LogP contribution >= 0.6 is 0 Å². The van der Waals surface area contributed by atoms with E-state index in [9.17, 15) is 14.4 Å². The van der Waals surface area contributed by atoms with Gasteiger partial charge in [0.15, 0.2) is 0 Å². The van der Waals surface area contributed by atoms with Gasteiger partial charge < -0.3 is 14.6 Å². The van der Waals surface area contributed by atoms with E-state index in [1.54, 1.807) is 0 Å². The van der Waals surface area contributed by atoms with Crippen LogP contribution in [0.5, 0.6) is 0 Å². The van der Waals surface area contributed by atoms with E-state index in [-0.39, 0.29) is 18.8 Å². The number of carboxylic acid groups (broad SMARTS) is 1. The Labute approximate surface area is 111 Å². The number of ether oxygens (including phenoxy) is 2. The van der Waals surface area contributed by atoms with Crippen molar-refractivity contribution < 1.29 is 29.0 Å². The first-order valence-corrected chi connectivity index (χ1v) is 5.40. The fourth-order valence-electron chi connectivity index (χ4n) is 1.11. The maximum atomic E-state index is 11.4. The van der Waals surface area contributed by atoms with Crippen molar-refractivity contribution in [3.8, 4) is 0 Å². The van der Waals surface area contributed by atoms with Gasteiger partial charge in [0, 0.05) is 5.57 Å². The summed E-state index contributed by atoms with van der Waals surface area (Å²) in [6, 6.07) is 0. The van der Waals surface area contributed by atoms with Crippen LogP contribution in [0.3, 0.4) is 0 Å². The number of hydrogen-bond donors (Lipinski definition) is 1. The summed E-state index contributed by atoms with van der Waals surface area (Å²) in [4.78, 5) is 33.8. The van der Waals surface area contributed by atoms with E-state index in [2.05, 4.69) is 29.2 Å². The van der Waals surface area contributed by atoms with E-state index >= 15 is 0 Å². The zero-order chi connectivity index (χ0) is 14.8. The van der Waals surface area contributed by atoms with E-state index in [1.807, 2.05) is 0 Å². The molecule has 0 amide bonds. The SMILES string of the molecule is C=CCOC(=O)CC(C(=C)C(=O)OCC=C)C(=O)O. The number of carbonyl (C=O) groups excluding carboxylic acids is 2. The van der Waals surface area contributed by atoms with Crippen molar-refractivity contribution in [1.82, 2.24) is 0 Å². The molecule has 6 nitrogen and oxygen atoms in total. The van der Waals surface area contributed by atoms with Gasteiger partial charge in [-0.3, -0.25) is 9.59 Å². The van der Waals surface area contributed by atoms with Crippen LogP contribution in [0.15, 0.2) is 37.5 Å². The monoisotopic (exact) mass is 268 g/mol. The van der Waals surface area contributed by atoms with Gasteiger partial charge in [-0.1, -0.05) is 31.9 Å². The Balaban J connectivity index is 4.63. The third kappa shape index (κ3) is 6.21. The lowest BCUT2D eigenvalue weighted by atomic mass is 9.97. The maximum absolute atomic E-state index is 11.4. The lowest BCUT2D eigenvalue weighted by molar-refractivity contribution is -0.151. The van der Waals surface area contributed by atoms with Gasteiger partial charge in [-0.15, -0.1) is 0 Å². The standard InChI is InChI=1S/C13H16O6/c1-4-6-18-11(14)8-10(12(15)16)9(3)13(17)19-7-5-2/h4-5,10H,1-3,6-8H2,(H,15,16). The third-order valence-corrected chi connectivity index (χ3v) is 2.05. The van der Waals surface area contributed by atoms with E-state index in [1.165, 1.54) is 12.2 Å². The largest absolute Gasteiger partial charge is 0.481 e. The molecule has 0 aromatic carbocycles. The number of aliphatic carboxylic acids is 1. The molecule has 0 bridgehead atoms. The molecule has 6 heteroatoms. The predicted molar refractivity (Wildman–Crippen MR) is 67.2 cm³/mol. The first-order chi connectivity index (χ1) is 8.93. The molecule has 0 aromatic rings. The van der Waals surface area contributed by atoms with Gasteiger partial charge in [-0.25, -0.2) is 4.79 Å². The summed E-state index contributed by atoms with van der Waals surface area (Å²) in [7, 11) is 0. The van der Waals surface area contributed by atoms with Crippen molar-refractivity contribution in [3.63, 3.8) is 0 Å². The van der Waals surface area contributed by atoms with Crippen molar-refractivity contribution in [3.05, 3.63) is 37.5 Å². The lowest BCUT2D eigenvalue weighted by Crippen LogP contribution is -2.25. The van der Waals surface area contributed by atoms with Crippen molar-refractivity contribution in [2.24, 2.45) is 5.92 Å². The molecule has 0 radical (unpaired) electrons. The molecule has 0 aliphatic heterocycles. The molecule has 1 atom stereocenters. The van der Waals surface area contributed by atoms with Crippen LogP contribution < -0.4 is 0 Å². The number of hydrogen-bond acceptors (Lipinski definition) is 5. The van der Waals surface area contributed by atoms with Crippen LogP contribution in [-0.2, 0) is 23.9 Å². The maximum Gasteiger partial charge on any atom is 0.334 e. The minimum absolute atomic E-state index is 0.0292. The Kier molecular flexibility index (Phi) is 7.60. The Bertz CT molecular complexity index is 396. The number of carboxylic acids is 1. The average molecular weight is 268 g/mol. The highest BCUT2D eigenvalue weighted by atomic mass is 16.5. The predicted octanol–water partition coefficient (Wildman–Crippen LogP) is 1.09. The highest BCUT2D eigenvalue weighted by molar-refractivity contribution is 5.96. The van der Waals surface area contributed by atoms with E-state index in [0.29, 0.717) is 0 Å². The van der Waals surface area contributed by atoms with E-state index < -0.39 is 30.2 Å². The van der Waals surface area contributed by atoms with Crippen LogP contribution in [0.4, 0.5) is 0 Å². The summed E-state index contributed by atoms with van der Waals surface area (Å²) in [5, 5.41) is 8.98. The molecule has 1 unspecified atom stereocenters. The van der Waals surface area contributed by atoms with Crippen molar-refractivity contribution in [2.45, 2.75) is 6.42 Å². The second-order valence-corrected chi connectivity index (χ2v) is 3.48. The zero-order valence-electron chi connectivity index (χ0n) is 10.5. The van der Waals surface area contributed by atoms with E-state index in [4.69, 9.17) is 5.11 Å². The topological polar surface area (TPSA) is 89.9 Å². The average Bonchev–Trinajstić information content (AvgIpc) is 2.38. The van der Waals surface area contributed by atoms with Gasteiger partial charge in [-0.2, -0.15) is 0 Å². The Hall–Kier alpha value is -2.37. The summed E-state index contributed by atoms with van der Waals surface area (Å²) in [6.07, 6.45) is 2.19. The van der Waals surface area contributed by atoms with E-state index in [0.717, 1.165) is 0 Å². The first-order valence-electron chi connectivity index (χ1n) is 5.40. The molecule has 0 fully saturated rings. The number of carbonyl (C=O) groups is 3. The second kappa shape index (κ2) is 8.68. The van der Waals surface area contributed by atoms with Crippen LogP contribution in [-0.4, -0.2) is 36.2 Å². The summed E-state index contributed by atoms with van der Waals surface area (Å²) in [5.74, 6) is -4.38. The molecule has 0 rings (SSSR count). The molecule has 0 saturated heterocycles. The minimum Gasteiger partial charge on any atom is -0.481 e. The molecule has 1 N–H and O–H groups in total. The Morgan fingerprint density at radius 1 is 1.11 bits per heavy atom. The van der Waals surface area contributed by atoms with Crippen LogP contribution in [0.2, 0.25) is 0 Å². The zero-order valence-corrected chi connectivity index (χ0v) is 10.5. The smallest absolute Gasteiger partial charge is 0.334 e. The molecular weight excluding hydrogens is 252 g/mol. The second-order valence-electron chi connectivity index (χ2n) is 3.48. The molecule has 0 aromatic heterocycles. The fourth-order valence-corrected chi connectivity index (χ4v) is 1.11. The molecule has 0 heterocycles. The van der Waals surface area contributed by atoms with Gasteiger partial charge in [0.1, 0.15) is 13.2 Å². The van der Waals surface area contributed by atoms with Gasteiger partial charge >= 0.3 is 17.9 Å². The molecule has 0 saturated carbocycles. The fraction of sp³-hybridized carbons (Fsp3) is 0.308. The highest BCUT2D eigenvalue weighted by Crippen LogP contribution is 2.16. The van der Waals surface area contributed by atoms with Gasteiger partial charge in [-0.05, 0) is 0 Å².